The summed E-state index contributed by atoms with van der Waals surface area (Å²) in [6.07, 6.45) is -1.64. The number of alkyl halides is 3. The number of halogens is 4. The number of hydrogen-bond acceptors (Lipinski definition) is 3. The Morgan fingerprint density at radius 1 is 1.09 bits per heavy atom. The van der Waals surface area contributed by atoms with Crippen LogP contribution in [0.3, 0.4) is 0 Å². The van der Waals surface area contributed by atoms with Gasteiger partial charge in [-0.2, -0.15) is 13.2 Å². The first-order valence-electron chi connectivity index (χ1n) is 11.3. The summed E-state index contributed by atoms with van der Waals surface area (Å²) in [6, 6.07) is 10.9. The minimum atomic E-state index is -4.39. The highest BCUT2D eigenvalue weighted by Gasteiger charge is 2.49. The highest BCUT2D eigenvalue weighted by molar-refractivity contribution is 6.30. The number of nitrogens with one attached hydrogen (secondary N) is 1. The van der Waals surface area contributed by atoms with Crippen molar-refractivity contribution in [2.45, 2.75) is 56.7 Å². The summed E-state index contributed by atoms with van der Waals surface area (Å²) in [5.74, 6) is 0.277. The van der Waals surface area contributed by atoms with Gasteiger partial charge in [-0.3, -0.25) is 9.69 Å². The van der Waals surface area contributed by atoms with E-state index in [1.165, 1.54) is 0 Å². The minimum absolute atomic E-state index is 0.0522. The van der Waals surface area contributed by atoms with E-state index in [1.54, 1.807) is 30.3 Å². The number of anilines is 1. The van der Waals surface area contributed by atoms with Gasteiger partial charge in [-0.15, -0.1) is 0 Å². The van der Waals surface area contributed by atoms with Crippen LogP contribution in [0.2, 0.25) is 5.02 Å². The van der Waals surface area contributed by atoms with E-state index in [1.807, 2.05) is 13.8 Å². The van der Waals surface area contributed by atoms with E-state index in [9.17, 15) is 18.0 Å². The first-order valence-corrected chi connectivity index (χ1v) is 11.7. The molecule has 0 aliphatic carbocycles. The van der Waals surface area contributed by atoms with E-state index in [4.69, 9.17) is 16.3 Å². The highest BCUT2D eigenvalue weighted by Crippen LogP contribution is 2.48. The molecule has 2 aromatic carbocycles. The molecule has 1 fully saturated rings. The molecule has 0 aromatic heterocycles. The molecule has 1 spiro atoms. The van der Waals surface area contributed by atoms with E-state index in [2.05, 4.69) is 10.2 Å². The SMILES string of the molecule is CCC(CC)(C(=O)Nc1ccc(Cl)cc1)N1CCC2(CC1)COc1cc(C(F)(F)F)ccc12. The van der Waals surface area contributed by atoms with Crippen LogP contribution in [0.15, 0.2) is 42.5 Å². The van der Waals surface area contributed by atoms with Crippen LogP contribution < -0.4 is 10.1 Å². The Morgan fingerprint density at radius 2 is 1.73 bits per heavy atom. The van der Waals surface area contributed by atoms with Crippen molar-refractivity contribution >= 4 is 23.2 Å². The topological polar surface area (TPSA) is 41.6 Å². The molecule has 0 unspecified atom stereocenters. The smallest absolute Gasteiger partial charge is 0.416 e. The molecule has 2 heterocycles. The lowest BCUT2D eigenvalue weighted by molar-refractivity contribution is -0.137. The van der Waals surface area contributed by atoms with E-state index in [0.29, 0.717) is 49.0 Å². The van der Waals surface area contributed by atoms with E-state index in [-0.39, 0.29) is 11.3 Å². The van der Waals surface area contributed by atoms with Gasteiger partial charge in [0.05, 0.1) is 12.2 Å². The van der Waals surface area contributed by atoms with Crippen LogP contribution in [0.1, 0.15) is 50.7 Å². The number of nitrogens with zero attached hydrogens (tertiary/aromatic N) is 1. The summed E-state index contributed by atoms with van der Waals surface area (Å²) in [7, 11) is 0. The average Bonchev–Trinajstić information content (AvgIpc) is 3.14. The predicted octanol–water partition coefficient (Wildman–Crippen LogP) is 6.28. The Morgan fingerprint density at radius 3 is 2.30 bits per heavy atom. The van der Waals surface area contributed by atoms with Crippen molar-refractivity contribution in [3.63, 3.8) is 0 Å². The molecular weight excluding hydrogens is 453 g/mol. The molecule has 8 heteroatoms. The Kier molecular flexibility index (Phi) is 6.40. The molecule has 0 bridgehead atoms. The molecule has 2 aromatic rings. The van der Waals surface area contributed by atoms with Crippen molar-refractivity contribution in [1.29, 1.82) is 0 Å². The highest BCUT2D eigenvalue weighted by atomic mass is 35.5. The van der Waals surface area contributed by atoms with Crippen molar-refractivity contribution in [3.8, 4) is 5.75 Å². The third-order valence-corrected chi connectivity index (χ3v) is 7.66. The number of fused-ring (bicyclic) bond motifs is 2. The van der Waals surface area contributed by atoms with Gasteiger partial charge in [-0.1, -0.05) is 31.5 Å². The number of benzene rings is 2. The number of piperidine rings is 1. The van der Waals surface area contributed by atoms with Gasteiger partial charge in [0, 0.05) is 34.8 Å². The Hall–Kier alpha value is -2.25. The number of likely N-dealkylation sites (tertiary alicyclic amines) is 1. The molecule has 2 aliphatic heterocycles. The van der Waals surface area contributed by atoms with Gasteiger partial charge in [-0.05, 0) is 62.1 Å². The molecule has 0 atom stereocenters. The molecule has 0 radical (unpaired) electrons. The summed E-state index contributed by atoms with van der Waals surface area (Å²) < 4.78 is 45.0. The second-order valence-electron chi connectivity index (χ2n) is 8.96. The van der Waals surface area contributed by atoms with Crippen LogP contribution in [-0.2, 0) is 16.4 Å². The van der Waals surface area contributed by atoms with Crippen LogP contribution in [0, 0.1) is 0 Å². The number of carbonyl (C=O) groups is 1. The number of rotatable bonds is 5. The fourth-order valence-electron chi connectivity index (χ4n) is 5.27. The first kappa shape index (κ1) is 23.9. The summed E-state index contributed by atoms with van der Waals surface area (Å²) in [4.78, 5) is 15.6. The van der Waals surface area contributed by atoms with E-state index < -0.39 is 17.3 Å². The van der Waals surface area contributed by atoms with Crippen LogP contribution in [-0.4, -0.2) is 36.0 Å². The van der Waals surface area contributed by atoms with Gasteiger partial charge in [0.1, 0.15) is 11.3 Å². The maximum absolute atomic E-state index is 13.4. The molecule has 1 saturated heterocycles. The number of ether oxygens (including phenoxy) is 1. The monoisotopic (exact) mass is 480 g/mol. The molecular formula is C25H28ClF3N2O2. The maximum atomic E-state index is 13.4. The summed E-state index contributed by atoms with van der Waals surface area (Å²) in [5.41, 5.74) is -0.118. The van der Waals surface area contributed by atoms with Crippen molar-refractivity contribution in [2.24, 2.45) is 0 Å². The van der Waals surface area contributed by atoms with Gasteiger partial charge in [-0.25, -0.2) is 0 Å². The van der Waals surface area contributed by atoms with Gasteiger partial charge in [0.15, 0.2) is 0 Å². The largest absolute Gasteiger partial charge is 0.492 e. The van der Waals surface area contributed by atoms with Crippen molar-refractivity contribution in [3.05, 3.63) is 58.6 Å². The van der Waals surface area contributed by atoms with Gasteiger partial charge in [0.25, 0.3) is 0 Å². The first-order chi connectivity index (χ1) is 15.6. The second-order valence-corrected chi connectivity index (χ2v) is 9.40. The van der Waals surface area contributed by atoms with Crippen molar-refractivity contribution < 1.29 is 22.7 Å². The Labute approximate surface area is 197 Å². The van der Waals surface area contributed by atoms with Crippen molar-refractivity contribution in [1.82, 2.24) is 4.90 Å². The third kappa shape index (κ3) is 4.33. The third-order valence-electron chi connectivity index (χ3n) is 7.40. The number of amides is 1. The maximum Gasteiger partial charge on any atom is 0.416 e. The normalized spacial score (nSPS) is 18.1. The Bertz CT molecular complexity index is 1010. The number of hydrogen-bond donors (Lipinski definition) is 1. The lowest BCUT2D eigenvalue weighted by atomic mass is 9.72. The van der Waals surface area contributed by atoms with Gasteiger partial charge < -0.3 is 10.1 Å². The minimum Gasteiger partial charge on any atom is -0.492 e. The molecule has 178 valence electrons. The number of carbonyl (C=O) groups excluding carboxylic acids is 1. The molecule has 4 nitrogen and oxygen atoms in total. The fourth-order valence-corrected chi connectivity index (χ4v) is 5.39. The zero-order valence-corrected chi connectivity index (χ0v) is 19.5. The van der Waals surface area contributed by atoms with Crippen LogP contribution in [0.5, 0.6) is 5.75 Å². The summed E-state index contributed by atoms with van der Waals surface area (Å²) >= 11 is 5.95. The zero-order valence-electron chi connectivity index (χ0n) is 18.8. The van der Waals surface area contributed by atoms with Gasteiger partial charge in [0.2, 0.25) is 5.91 Å². The van der Waals surface area contributed by atoms with Crippen LogP contribution in [0.25, 0.3) is 0 Å². The molecule has 0 saturated carbocycles. The van der Waals surface area contributed by atoms with Crippen molar-refractivity contribution in [2.75, 3.05) is 25.0 Å². The quantitative estimate of drug-likeness (QED) is 0.547. The molecule has 1 amide bonds. The van der Waals surface area contributed by atoms with E-state index >= 15 is 0 Å². The summed E-state index contributed by atoms with van der Waals surface area (Å²) in [6.45, 7) is 5.74. The Balaban J connectivity index is 1.51. The molecule has 2 aliphatic rings. The lowest BCUT2D eigenvalue weighted by Gasteiger charge is -2.47. The predicted molar refractivity (Wildman–Crippen MR) is 123 cm³/mol. The van der Waals surface area contributed by atoms with Gasteiger partial charge >= 0.3 is 6.18 Å². The van der Waals surface area contributed by atoms with Crippen LogP contribution >= 0.6 is 11.6 Å². The lowest BCUT2D eigenvalue weighted by Crippen LogP contribution is -2.60. The molecule has 33 heavy (non-hydrogen) atoms. The average molecular weight is 481 g/mol. The second kappa shape index (κ2) is 8.84. The fraction of sp³-hybridized carbons (Fsp3) is 0.480. The van der Waals surface area contributed by atoms with E-state index in [0.717, 1.165) is 30.5 Å². The van der Waals surface area contributed by atoms with Crippen LogP contribution in [0.4, 0.5) is 18.9 Å². The molecule has 4 rings (SSSR count). The zero-order chi connectivity index (χ0) is 23.9. The summed E-state index contributed by atoms with van der Waals surface area (Å²) in [5, 5.41) is 3.64. The standard InChI is InChI=1S/C25H28ClF3N2O2/c1-3-24(4-2,22(32)30-19-8-6-18(26)7-9-19)31-13-11-23(12-14-31)16-33-21-15-17(25(27,28)29)5-10-20(21)23/h5-10,15H,3-4,11-14,16H2,1-2H3,(H,30,32). The molecule has 1 N–H and O–H groups in total.